The molecule has 8 heteroatoms. The molecule has 1 aromatic carbocycles. The number of nitrogens with one attached hydrogen (secondary N) is 1. The lowest BCUT2D eigenvalue weighted by Gasteiger charge is -2.18. The molecular formula is C16H24N2O5S. The summed E-state index contributed by atoms with van der Waals surface area (Å²) >= 11 is 0. The van der Waals surface area contributed by atoms with Crippen LogP contribution in [0.4, 0.5) is 0 Å². The maximum Gasteiger partial charge on any atom is 0.221 e. The van der Waals surface area contributed by atoms with Crippen molar-refractivity contribution in [3.8, 4) is 11.5 Å². The van der Waals surface area contributed by atoms with Gasteiger partial charge in [0.25, 0.3) is 0 Å². The standard InChI is InChI=1S/C16H24N2O5S/c1-22-14-5-7-15(8-6-14)23-12-10-17-16(19)9-11-18(13-3-4-13)24(2,20)21/h5-8,13H,3-4,9-12H2,1-2H3,(H,17,19). The van der Waals surface area contributed by atoms with E-state index in [9.17, 15) is 13.2 Å². The van der Waals surface area contributed by atoms with Gasteiger partial charge in [-0.3, -0.25) is 4.79 Å². The quantitative estimate of drug-likeness (QED) is 0.632. The van der Waals surface area contributed by atoms with Crippen molar-refractivity contribution >= 4 is 15.9 Å². The van der Waals surface area contributed by atoms with Crippen molar-refractivity contribution in [2.45, 2.75) is 25.3 Å². The van der Waals surface area contributed by atoms with Crippen LogP contribution in [0.15, 0.2) is 24.3 Å². The molecule has 1 aromatic rings. The first kappa shape index (κ1) is 18.5. The zero-order valence-electron chi connectivity index (χ0n) is 14.0. The first-order chi connectivity index (χ1) is 11.4. The normalized spacial score (nSPS) is 14.5. The number of methoxy groups -OCH3 is 1. The number of hydrogen-bond acceptors (Lipinski definition) is 5. The molecule has 1 N–H and O–H groups in total. The zero-order chi connectivity index (χ0) is 17.6. The molecule has 2 rings (SSSR count). The number of sulfonamides is 1. The Bertz CT molecular complexity index is 641. The summed E-state index contributed by atoms with van der Waals surface area (Å²) in [6.07, 6.45) is 3.10. The molecule has 0 spiro atoms. The largest absolute Gasteiger partial charge is 0.497 e. The minimum atomic E-state index is -3.25. The summed E-state index contributed by atoms with van der Waals surface area (Å²) in [5, 5.41) is 2.73. The topological polar surface area (TPSA) is 84.9 Å². The van der Waals surface area contributed by atoms with Crippen LogP contribution in [0.2, 0.25) is 0 Å². The summed E-state index contributed by atoms with van der Waals surface area (Å²) in [7, 11) is -1.65. The number of benzene rings is 1. The van der Waals surface area contributed by atoms with Gasteiger partial charge in [0.1, 0.15) is 18.1 Å². The first-order valence-corrected chi connectivity index (χ1v) is 9.75. The average Bonchev–Trinajstić information content (AvgIpc) is 3.36. The van der Waals surface area contributed by atoms with Crippen molar-refractivity contribution in [1.82, 2.24) is 9.62 Å². The summed E-state index contributed by atoms with van der Waals surface area (Å²) in [6.45, 7) is 0.943. The van der Waals surface area contributed by atoms with E-state index >= 15 is 0 Å². The highest BCUT2D eigenvalue weighted by Gasteiger charge is 2.34. The number of amides is 1. The van der Waals surface area contributed by atoms with Crippen LogP contribution >= 0.6 is 0 Å². The predicted molar refractivity (Wildman–Crippen MR) is 90.7 cm³/mol. The lowest BCUT2D eigenvalue weighted by molar-refractivity contribution is -0.121. The molecule has 0 radical (unpaired) electrons. The van der Waals surface area contributed by atoms with E-state index in [0.29, 0.717) is 18.9 Å². The van der Waals surface area contributed by atoms with E-state index in [1.807, 2.05) is 0 Å². The SMILES string of the molecule is COc1ccc(OCCNC(=O)CCN(C2CC2)S(C)(=O)=O)cc1. The molecule has 0 aliphatic heterocycles. The molecule has 24 heavy (non-hydrogen) atoms. The summed E-state index contributed by atoms with van der Waals surface area (Å²) < 4.78 is 35.3. The van der Waals surface area contributed by atoms with Gasteiger partial charge in [-0.2, -0.15) is 4.31 Å². The van der Waals surface area contributed by atoms with Gasteiger partial charge in [-0.25, -0.2) is 8.42 Å². The van der Waals surface area contributed by atoms with E-state index in [1.165, 1.54) is 10.6 Å². The Hall–Kier alpha value is -1.80. The van der Waals surface area contributed by atoms with Crippen LogP contribution in [0.1, 0.15) is 19.3 Å². The second kappa shape index (κ2) is 8.34. The second-order valence-corrected chi connectivity index (χ2v) is 7.66. The van der Waals surface area contributed by atoms with Crippen molar-refractivity contribution in [3.05, 3.63) is 24.3 Å². The molecule has 0 bridgehead atoms. The van der Waals surface area contributed by atoms with E-state index in [2.05, 4.69) is 5.32 Å². The third kappa shape index (κ3) is 6.01. The average molecular weight is 356 g/mol. The molecule has 1 fully saturated rings. The lowest BCUT2D eigenvalue weighted by Crippen LogP contribution is -2.36. The van der Waals surface area contributed by atoms with Crippen LogP contribution < -0.4 is 14.8 Å². The van der Waals surface area contributed by atoms with Gasteiger partial charge in [0, 0.05) is 19.0 Å². The van der Waals surface area contributed by atoms with Gasteiger partial charge in [-0.15, -0.1) is 0 Å². The Labute approximate surface area is 143 Å². The van der Waals surface area contributed by atoms with Crippen LogP contribution in [-0.4, -0.2) is 57.7 Å². The number of carbonyl (C=O) groups excluding carboxylic acids is 1. The molecule has 0 heterocycles. The van der Waals surface area contributed by atoms with Gasteiger partial charge in [0.05, 0.1) is 19.9 Å². The Morgan fingerprint density at radius 2 is 1.88 bits per heavy atom. The van der Waals surface area contributed by atoms with Gasteiger partial charge in [-0.1, -0.05) is 0 Å². The third-order valence-electron chi connectivity index (χ3n) is 3.69. The fourth-order valence-corrected chi connectivity index (χ4v) is 3.49. The molecule has 0 saturated heterocycles. The Balaban J connectivity index is 1.64. The third-order valence-corrected chi connectivity index (χ3v) is 5.02. The van der Waals surface area contributed by atoms with Gasteiger partial charge in [0.2, 0.25) is 15.9 Å². The highest BCUT2D eigenvalue weighted by atomic mass is 32.2. The van der Waals surface area contributed by atoms with Crippen LogP contribution in [0.3, 0.4) is 0 Å². The van der Waals surface area contributed by atoms with Gasteiger partial charge >= 0.3 is 0 Å². The first-order valence-electron chi connectivity index (χ1n) is 7.90. The Morgan fingerprint density at radius 3 is 2.42 bits per heavy atom. The van der Waals surface area contributed by atoms with E-state index in [4.69, 9.17) is 9.47 Å². The van der Waals surface area contributed by atoms with Crippen LogP contribution in [0.25, 0.3) is 0 Å². The minimum absolute atomic E-state index is 0.0752. The molecule has 1 amide bonds. The molecule has 0 aromatic heterocycles. The lowest BCUT2D eigenvalue weighted by atomic mass is 10.3. The smallest absolute Gasteiger partial charge is 0.221 e. The number of hydrogen-bond donors (Lipinski definition) is 1. The second-order valence-electron chi connectivity index (χ2n) is 5.73. The van der Waals surface area contributed by atoms with Crippen LogP contribution in [0, 0.1) is 0 Å². The highest BCUT2D eigenvalue weighted by molar-refractivity contribution is 7.88. The van der Waals surface area contributed by atoms with E-state index in [0.717, 1.165) is 18.6 Å². The monoisotopic (exact) mass is 356 g/mol. The number of carbonyl (C=O) groups is 1. The molecule has 0 unspecified atom stereocenters. The van der Waals surface area contributed by atoms with Crippen molar-refractivity contribution in [3.63, 3.8) is 0 Å². The molecule has 0 atom stereocenters. The Kier molecular flexibility index (Phi) is 6.44. The van der Waals surface area contributed by atoms with Crippen LogP contribution in [-0.2, 0) is 14.8 Å². The van der Waals surface area contributed by atoms with E-state index < -0.39 is 10.0 Å². The number of nitrogens with zero attached hydrogens (tertiary/aromatic N) is 1. The fraction of sp³-hybridized carbons (Fsp3) is 0.562. The van der Waals surface area contributed by atoms with Crippen molar-refractivity contribution in [1.29, 1.82) is 0 Å². The molecule has 1 aliphatic carbocycles. The van der Waals surface area contributed by atoms with Gasteiger partial charge < -0.3 is 14.8 Å². The van der Waals surface area contributed by atoms with Crippen molar-refractivity contribution in [2.75, 3.05) is 33.1 Å². The van der Waals surface area contributed by atoms with Crippen molar-refractivity contribution in [2.24, 2.45) is 0 Å². The Morgan fingerprint density at radius 1 is 1.25 bits per heavy atom. The number of rotatable bonds is 10. The molecular weight excluding hydrogens is 332 g/mol. The summed E-state index contributed by atoms with van der Waals surface area (Å²) in [4.78, 5) is 11.8. The number of ether oxygens (including phenoxy) is 2. The molecule has 1 saturated carbocycles. The van der Waals surface area contributed by atoms with Gasteiger partial charge in [-0.05, 0) is 37.1 Å². The predicted octanol–water partition coefficient (Wildman–Crippen LogP) is 1.00. The highest BCUT2D eigenvalue weighted by Crippen LogP contribution is 2.28. The molecule has 134 valence electrons. The fourth-order valence-electron chi connectivity index (χ4n) is 2.31. The maximum atomic E-state index is 11.8. The zero-order valence-corrected chi connectivity index (χ0v) is 14.8. The molecule has 1 aliphatic rings. The maximum absolute atomic E-state index is 11.8. The molecule has 7 nitrogen and oxygen atoms in total. The summed E-state index contributed by atoms with van der Waals surface area (Å²) in [5.74, 6) is 1.27. The van der Waals surface area contributed by atoms with Crippen LogP contribution in [0.5, 0.6) is 11.5 Å². The van der Waals surface area contributed by atoms with Gasteiger partial charge in [0.15, 0.2) is 0 Å². The van der Waals surface area contributed by atoms with E-state index in [1.54, 1.807) is 31.4 Å². The summed E-state index contributed by atoms with van der Waals surface area (Å²) in [5.41, 5.74) is 0. The summed E-state index contributed by atoms with van der Waals surface area (Å²) in [6, 6.07) is 7.25. The minimum Gasteiger partial charge on any atom is -0.497 e. The van der Waals surface area contributed by atoms with Crippen molar-refractivity contribution < 1.29 is 22.7 Å². The van der Waals surface area contributed by atoms with E-state index in [-0.39, 0.29) is 24.9 Å².